The maximum atomic E-state index is 5.74. The summed E-state index contributed by atoms with van der Waals surface area (Å²) in [6, 6.07) is 0.694. The first kappa shape index (κ1) is 9.47. The van der Waals surface area contributed by atoms with Gasteiger partial charge in [-0.15, -0.1) is 0 Å². The summed E-state index contributed by atoms with van der Waals surface area (Å²) in [5, 5.41) is 3.65. The van der Waals surface area contributed by atoms with Crippen LogP contribution in [0.4, 0.5) is 0 Å². The summed E-state index contributed by atoms with van der Waals surface area (Å²) in [5.41, 5.74) is 0.357. The van der Waals surface area contributed by atoms with Crippen LogP contribution in [0.3, 0.4) is 0 Å². The van der Waals surface area contributed by atoms with Crippen LogP contribution in [0.15, 0.2) is 0 Å². The molecule has 3 atom stereocenters. The molecule has 0 radical (unpaired) electrons. The molecule has 1 heterocycles. The molecule has 0 spiro atoms. The van der Waals surface area contributed by atoms with Crippen molar-refractivity contribution >= 4 is 0 Å². The quantitative estimate of drug-likeness (QED) is 0.720. The van der Waals surface area contributed by atoms with E-state index in [4.69, 9.17) is 4.74 Å². The summed E-state index contributed by atoms with van der Waals surface area (Å²) >= 11 is 0. The second-order valence-electron chi connectivity index (χ2n) is 5.00. The van der Waals surface area contributed by atoms with Crippen LogP contribution in [0.1, 0.15) is 33.6 Å². The van der Waals surface area contributed by atoms with Gasteiger partial charge in [-0.3, -0.25) is 0 Å². The second-order valence-corrected chi connectivity index (χ2v) is 5.00. The van der Waals surface area contributed by atoms with Crippen molar-refractivity contribution in [3.8, 4) is 0 Å². The van der Waals surface area contributed by atoms with Crippen molar-refractivity contribution in [2.75, 3.05) is 13.2 Å². The van der Waals surface area contributed by atoms with Crippen LogP contribution >= 0.6 is 0 Å². The fourth-order valence-corrected chi connectivity index (χ4v) is 3.04. The van der Waals surface area contributed by atoms with E-state index in [0.717, 1.165) is 19.1 Å². The van der Waals surface area contributed by atoms with Crippen LogP contribution in [0.2, 0.25) is 0 Å². The molecule has 2 rings (SSSR count). The SMILES string of the molecule is CCCN[C@@H]1[C@@H]2CCO[C@@H]2C1(C)C. The van der Waals surface area contributed by atoms with E-state index in [0.29, 0.717) is 17.6 Å². The van der Waals surface area contributed by atoms with E-state index in [2.05, 4.69) is 26.1 Å². The summed E-state index contributed by atoms with van der Waals surface area (Å²) in [6.45, 7) is 9.00. The Morgan fingerprint density at radius 1 is 1.46 bits per heavy atom. The first-order valence-corrected chi connectivity index (χ1v) is 5.53. The van der Waals surface area contributed by atoms with Crippen molar-refractivity contribution in [1.82, 2.24) is 5.32 Å². The third-order valence-electron chi connectivity index (χ3n) is 3.71. The van der Waals surface area contributed by atoms with Crippen molar-refractivity contribution in [2.24, 2.45) is 11.3 Å². The summed E-state index contributed by atoms with van der Waals surface area (Å²) in [5.74, 6) is 0.793. The normalized spacial score (nSPS) is 41.3. The lowest BCUT2D eigenvalue weighted by Gasteiger charge is -2.55. The molecular formula is C11H21NO. The highest BCUT2D eigenvalue weighted by Crippen LogP contribution is 2.51. The van der Waals surface area contributed by atoms with Crippen LogP contribution < -0.4 is 5.32 Å². The van der Waals surface area contributed by atoms with Crippen molar-refractivity contribution < 1.29 is 4.74 Å². The summed E-state index contributed by atoms with van der Waals surface area (Å²) in [6.07, 6.45) is 3.02. The van der Waals surface area contributed by atoms with Crippen molar-refractivity contribution in [1.29, 1.82) is 0 Å². The molecule has 1 N–H and O–H groups in total. The Bertz CT molecular complexity index is 191. The van der Waals surface area contributed by atoms with Crippen molar-refractivity contribution in [3.63, 3.8) is 0 Å². The Balaban J connectivity index is 1.95. The third kappa shape index (κ3) is 1.31. The monoisotopic (exact) mass is 183 g/mol. The maximum absolute atomic E-state index is 5.74. The van der Waals surface area contributed by atoms with Gasteiger partial charge in [0.1, 0.15) is 0 Å². The van der Waals surface area contributed by atoms with E-state index in [-0.39, 0.29) is 0 Å². The molecule has 1 aliphatic heterocycles. The summed E-state index contributed by atoms with van der Waals surface area (Å²) in [7, 11) is 0. The van der Waals surface area contributed by atoms with E-state index >= 15 is 0 Å². The van der Waals surface area contributed by atoms with Gasteiger partial charge in [-0.1, -0.05) is 20.8 Å². The van der Waals surface area contributed by atoms with Crippen molar-refractivity contribution in [2.45, 2.75) is 45.8 Å². The Labute approximate surface area is 81.0 Å². The van der Waals surface area contributed by atoms with Gasteiger partial charge in [-0.05, 0) is 19.4 Å². The molecule has 2 aliphatic rings. The molecule has 0 aromatic carbocycles. The predicted octanol–water partition coefficient (Wildman–Crippen LogP) is 1.80. The van der Waals surface area contributed by atoms with Gasteiger partial charge in [0.05, 0.1) is 6.10 Å². The zero-order chi connectivity index (χ0) is 9.47. The number of ether oxygens (including phenoxy) is 1. The minimum atomic E-state index is 0.357. The molecule has 13 heavy (non-hydrogen) atoms. The van der Waals surface area contributed by atoms with Crippen LogP contribution in [0.5, 0.6) is 0 Å². The third-order valence-corrected chi connectivity index (χ3v) is 3.71. The molecule has 0 bridgehead atoms. The van der Waals surface area contributed by atoms with Crippen molar-refractivity contribution in [3.05, 3.63) is 0 Å². The Hall–Kier alpha value is -0.0800. The molecule has 0 amide bonds. The Morgan fingerprint density at radius 3 is 2.92 bits per heavy atom. The van der Waals surface area contributed by atoms with Gasteiger partial charge in [-0.2, -0.15) is 0 Å². The molecule has 76 valence electrons. The molecule has 1 saturated carbocycles. The zero-order valence-electron chi connectivity index (χ0n) is 8.97. The van der Waals surface area contributed by atoms with Gasteiger partial charge in [0.25, 0.3) is 0 Å². The summed E-state index contributed by atoms with van der Waals surface area (Å²) in [4.78, 5) is 0. The van der Waals surface area contributed by atoms with Gasteiger partial charge in [0.15, 0.2) is 0 Å². The second kappa shape index (κ2) is 3.25. The summed E-state index contributed by atoms with van der Waals surface area (Å²) < 4.78 is 5.74. The standard InChI is InChI=1S/C11H21NO/c1-4-6-12-9-8-5-7-13-10(8)11(9,2)3/h8-10,12H,4-7H2,1-3H3/t8-,9+,10-/m0/s1. The molecule has 2 nitrogen and oxygen atoms in total. The smallest absolute Gasteiger partial charge is 0.0685 e. The highest BCUT2D eigenvalue weighted by atomic mass is 16.5. The minimum absolute atomic E-state index is 0.357. The average molecular weight is 183 g/mol. The van der Waals surface area contributed by atoms with Crippen LogP contribution in [-0.4, -0.2) is 25.3 Å². The fourth-order valence-electron chi connectivity index (χ4n) is 3.04. The number of fused-ring (bicyclic) bond motifs is 1. The van der Waals surface area contributed by atoms with Crippen LogP contribution in [0.25, 0.3) is 0 Å². The highest BCUT2D eigenvalue weighted by molar-refractivity contribution is 5.11. The molecule has 0 unspecified atom stereocenters. The first-order valence-electron chi connectivity index (χ1n) is 5.53. The van der Waals surface area contributed by atoms with Crippen LogP contribution in [-0.2, 0) is 4.74 Å². The van der Waals surface area contributed by atoms with Gasteiger partial charge in [-0.25, -0.2) is 0 Å². The minimum Gasteiger partial charge on any atom is -0.377 e. The molecule has 2 heteroatoms. The lowest BCUT2D eigenvalue weighted by atomic mass is 9.57. The molecule has 1 saturated heterocycles. The maximum Gasteiger partial charge on any atom is 0.0685 e. The highest BCUT2D eigenvalue weighted by Gasteiger charge is 2.58. The molecule has 0 aromatic heterocycles. The topological polar surface area (TPSA) is 21.3 Å². The molecule has 2 fully saturated rings. The lowest BCUT2D eigenvalue weighted by Crippen LogP contribution is -2.65. The van der Waals surface area contributed by atoms with E-state index in [1.165, 1.54) is 12.8 Å². The Morgan fingerprint density at radius 2 is 2.23 bits per heavy atom. The number of hydrogen-bond acceptors (Lipinski definition) is 2. The van der Waals surface area contributed by atoms with Crippen LogP contribution in [0, 0.1) is 11.3 Å². The van der Waals surface area contributed by atoms with Gasteiger partial charge < -0.3 is 10.1 Å². The van der Waals surface area contributed by atoms with E-state index in [1.807, 2.05) is 0 Å². The van der Waals surface area contributed by atoms with E-state index < -0.39 is 0 Å². The van der Waals surface area contributed by atoms with E-state index in [1.54, 1.807) is 0 Å². The van der Waals surface area contributed by atoms with E-state index in [9.17, 15) is 0 Å². The predicted molar refractivity (Wildman–Crippen MR) is 53.7 cm³/mol. The van der Waals surface area contributed by atoms with Gasteiger partial charge >= 0.3 is 0 Å². The Kier molecular flexibility index (Phi) is 2.37. The number of nitrogens with one attached hydrogen (secondary N) is 1. The lowest BCUT2D eigenvalue weighted by molar-refractivity contribution is -0.112. The number of hydrogen-bond donors (Lipinski definition) is 1. The molecule has 1 aliphatic carbocycles. The largest absolute Gasteiger partial charge is 0.377 e. The van der Waals surface area contributed by atoms with Gasteiger partial charge in [0, 0.05) is 24.0 Å². The zero-order valence-corrected chi connectivity index (χ0v) is 8.97. The fraction of sp³-hybridized carbons (Fsp3) is 1.00. The first-order chi connectivity index (χ1) is 6.18. The van der Waals surface area contributed by atoms with Gasteiger partial charge in [0.2, 0.25) is 0 Å². The number of rotatable bonds is 3. The molecule has 0 aromatic rings. The molecular weight excluding hydrogens is 162 g/mol. The average Bonchev–Trinajstić information content (AvgIpc) is 2.51.